The minimum atomic E-state index is -1.56. The molecule has 0 heterocycles. The zero-order valence-corrected chi connectivity index (χ0v) is 15.4. The van der Waals surface area contributed by atoms with E-state index in [9.17, 15) is 34.8 Å². The Morgan fingerprint density at radius 1 is 0.862 bits per heavy atom. The van der Waals surface area contributed by atoms with E-state index in [0.29, 0.717) is 0 Å². The molecule has 0 aliphatic heterocycles. The zero-order valence-electron chi connectivity index (χ0n) is 15.4. The largest absolute Gasteiger partial charge is 0.504 e. The average molecular weight is 406 g/mol. The van der Waals surface area contributed by atoms with Gasteiger partial charge in [0, 0.05) is 17.5 Å². The van der Waals surface area contributed by atoms with Crippen molar-refractivity contribution in [2.24, 2.45) is 0 Å². The van der Waals surface area contributed by atoms with Gasteiger partial charge in [-0.1, -0.05) is 0 Å². The molecule has 0 atom stereocenters. The molecule has 0 aromatic heterocycles. The van der Waals surface area contributed by atoms with Crippen LogP contribution in [0.5, 0.6) is 23.0 Å². The van der Waals surface area contributed by atoms with Gasteiger partial charge in [-0.3, -0.25) is 4.79 Å². The molecule has 29 heavy (non-hydrogen) atoms. The van der Waals surface area contributed by atoms with Crippen LogP contribution in [-0.2, 0) is 11.2 Å². The fraction of sp³-hybridized carbons (Fsp3) is 0.211. The number of carbonyl (C=O) groups is 3. The standard InChI is InChI=1S/C19H18O10/c1-28-10-5-4-9(18(24)25)14(16(10)22)15-13(19(26)27)8(3-6-12(20)21)7-11(29-2)17(15)23/h4-5,7,22-23H,3,6H2,1-2H3,(H,20,21)(H,24,25)(H,26,27). The van der Waals surface area contributed by atoms with Crippen LogP contribution in [0.15, 0.2) is 18.2 Å². The molecule has 154 valence electrons. The quantitative estimate of drug-likeness (QED) is 0.437. The van der Waals surface area contributed by atoms with Gasteiger partial charge in [0.25, 0.3) is 0 Å². The molecule has 0 radical (unpaired) electrons. The van der Waals surface area contributed by atoms with E-state index in [1.165, 1.54) is 20.3 Å². The first kappa shape index (κ1) is 21.4. The van der Waals surface area contributed by atoms with Crippen molar-refractivity contribution in [3.8, 4) is 34.1 Å². The van der Waals surface area contributed by atoms with E-state index < -0.39 is 58.1 Å². The number of aryl methyl sites for hydroxylation is 1. The number of carboxylic acid groups (broad SMARTS) is 3. The minimum Gasteiger partial charge on any atom is -0.504 e. The highest BCUT2D eigenvalue weighted by Gasteiger charge is 2.30. The van der Waals surface area contributed by atoms with Crippen molar-refractivity contribution in [1.29, 1.82) is 0 Å². The predicted octanol–water partition coefficient (Wildman–Crippen LogP) is 2.20. The number of carboxylic acids is 3. The number of aromatic carboxylic acids is 2. The van der Waals surface area contributed by atoms with Crippen molar-refractivity contribution >= 4 is 17.9 Å². The van der Waals surface area contributed by atoms with Gasteiger partial charge in [-0.2, -0.15) is 0 Å². The summed E-state index contributed by atoms with van der Waals surface area (Å²) in [5.74, 6) is -6.05. The minimum absolute atomic E-state index is 0.0249. The molecular formula is C19H18O10. The lowest BCUT2D eigenvalue weighted by Gasteiger charge is -2.19. The van der Waals surface area contributed by atoms with Crippen LogP contribution in [0.1, 0.15) is 32.7 Å². The van der Waals surface area contributed by atoms with Crippen LogP contribution in [0.25, 0.3) is 11.1 Å². The number of benzene rings is 2. The predicted molar refractivity (Wildman–Crippen MR) is 98.2 cm³/mol. The Labute approximate surface area is 164 Å². The van der Waals surface area contributed by atoms with Crippen LogP contribution in [0.2, 0.25) is 0 Å². The molecule has 5 N–H and O–H groups in total. The molecule has 0 bridgehead atoms. The molecule has 10 nitrogen and oxygen atoms in total. The second-order valence-corrected chi connectivity index (χ2v) is 5.88. The summed E-state index contributed by atoms with van der Waals surface area (Å²) in [5, 5.41) is 49.4. The van der Waals surface area contributed by atoms with E-state index in [4.69, 9.17) is 14.6 Å². The van der Waals surface area contributed by atoms with E-state index in [1.54, 1.807) is 0 Å². The highest BCUT2D eigenvalue weighted by Crippen LogP contribution is 2.49. The Morgan fingerprint density at radius 3 is 1.93 bits per heavy atom. The molecule has 10 heteroatoms. The molecule has 2 rings (SSSR count). The number of hydrogen-bond donors (Lipinski definition) is 5. The summed E-state index contributed by atoms with van der Waals surface area (Å²) in [6, 6.07) is 3.41. The summed E-state index contributed by atoms with van der Waals surface area (Å²) in [6.07, 6.45) is -0.669. The van der Waals surface area contributed by atoms with E-state index >= 15 is 0 Å². The van der Waals surface area contributed by atoms with Crippen molar-refractivity contribution in [2.75, 3.05) is 14.2 Å². The molecule has 0 spiro atoms. The van der Waals surface area contributed by atoms with Crippen molar-refractivity contribution < 1.29 is 49.4 Å². The lowest BCUT2D eigenvalue weighted by atomic mass is 9.88. The third kappa shape index (κ3) is 4.00. The molecule has 2 aromatic rings. The van der Waals surface area contributed by atoms with Gasteiger partial charge in [0.1, 0.15) is 0 Å². The number of rotatable bonds is 8. The van der Waals surface area contributed by atoms with Gasteiger partial charge in [0.15, 0.2) is 23.0 Å². The first-order valence-electron chi connectivity index (χ1n) is 8.15. The maximum absolute atomic E-state index is 12.0. The van der Waals surface area contributed by atoms with Crippen LogP contribution in [0, 0.1) is 0 Å². The Kier molecular flexibility index (Phi) is 6.17. The fourth-order valence-electron chi connectivity index (χ4n) is 2.95. The number of phenols is 2. The smallest absolute Gasteiger partial charge is 0.336 e. The third-order valence-electron chi connectivity index (χ3n) is 4.23. The van der Waals surface area contributed by atoms with Crippen molar-refractivity contribution in [3.05, 3.63) is 34.9 Å². The summed E-state index contributed by atoms with van der Waals surface area (Å²) >= 11 is 0. The molecule has 0 unspecified atom stereocenters. The summed E-state index contributed by atoms with van der Waals surface area (Å²) in [5.41, 5.74) is -2.11. The summed E-state index contributed by atoms with van der Waals surface area (Å²) in [4.78, 5) is 34.7. The van der Waals surface area contributed by atoms with Crippen LogP contribution >= 0.6 is 0 Å². The highest BCUT2D eigenvalue weighted by atomic mass is 16.5. The summed E-state index contributed by atoms with van der Waals surface area (Å²) in [6.45, 7) is 0. The number of ether oxygens (including phenoxy) is 2. The van der Waals surface area contributed by atoms with Gasteiger partial charge in [-0.25, -0.2) is 9.59 Å². The maximum Gasteiger partial charge on any atom is 0.336 e. The lowest BCUT2D eigenvalue weighted by Crippen LogP contribution is -2.10. The second kappa shape index (κ2) is 8.38. The lowest BCUT2D eigenvalue weighted by molar-refractivity contribution is -0.136. The zero-order chi connectivity index (χ0) is 21.9. The van der Waals surface area contributed by atoms with E-state index in [2.05, 4.69) is 0 Å². The number of aliphatic carboxylic acids is 1. The SMILES string of the molecule is COc1ccc(C(=O)O)c(-c2c(O)c(OC)cc(CCC(=O)O)c2C(=O)O)c1O. The maximum atomic E-state index is 12.0. The molecule has 0 amide bonds. The third-order valence-corrected chi connectivity index (χ3v) is 4.23. The van der Waals surface area contributed by atoms with E-state index in [0.717, 1.165) is 12.1 Å². The fourth-order valence-corrected chi connectivity index (χ4v) is 2.95. The number of methoxy groups -OCH3 is 2. The molecule has 0 aliphatic rings. The number of hydrogen-bond acceptors (Lipinski definition) is 7. The van der Waals surface area contributed by atoms with Crippen molar-refractivity contribution in [2.45, 2.75) is 12.8 Å². The van der Waals surface area contributed by atoms with E-state index in [1.807, 2.05) is 0 Å². The molecule has 0 saturated carbocycles. The van der Waals surface area contributed by atoms with Crippen LogP contribution in [0.3, 0.4) is 0 Å². The molecule has 0 saturated heterocycles. The normalized spacial score (nSPS) is 10.4. The first-order chi connectivity index (χ1) is 13.6. The van der Waals surface area contributed by atoms with Gasteiger partial charge in [-0.15, -0.1) is 0 Å². The van der Waals surface area contributed by atoms with Crippen LogP contribution in [0.4, 0.5) is 0 Å². The average Bonchev–Trinajstić information content (AvgIpc) is 2.66. The van der Waals surface area contributed by atoms with Crippen LogP contribution in [-0.4, -0.2) is 57.7 Å². The van der Waals surface area contributed by atoms with Crippen LogP contribution < -0.4 is 9.47 Å². The van der Waals surface area contributed by atoms with Gasteiger partial charge in [0.2, 0.25) is 0 Å². The summed E-state index contributed by atoms with van der Waals surface area (Å²) in [7, 11) is 2.39. The Balaban J connectivity index is 3.02. The Hall–Kier alpha value is -3.95. The Morgan fingerprint density at radius 2 is 1.45 bits per heavy atom. The number of phenolic OH excluding ortho intramolecular Hbond substituents is 2. The first-order valence-corrected chi connectivity index (χ1v) is 8.15. The summed E-state index contributed by atoms with van der Waals surface area (Å²) < 4.78 is 10.0. The highest BCUT2D eigenvalue weighted by molar-refractivity contribution is 6.07. The van der Waals surface area contributed by atoms with E-state index in [-0.39, 0.29) is 23.5 Å². The molecule has 0 aliphatic carbocycles. The second-order valence-electron chi connectivity index (χ2n) is 5.88. The van der Waals surface area contributed by atoms with Crippen molar-refractivity contribution in [3.63, 3.8) is 0 Å². The Bertz CT molecular complexity index is 993. The molecule has 0 fully saturated rings. The van der Waals surface area contributed by atoms with Gasteiger partial charge in [-0.05, 0) is 30.2 Å². The number of aromatic hydroxyl groups is 2. The topological polar surface area (TPSA) is 171 Å². The van der Waals surface area contributed by atoms with Gasteiger partial charge >= 0.3 is 17.9 Å². The monoisotopic (exact) mass is 406 g/mol. The molecular weight excluding hydrogens is 388 g/mol. The van der Waals surface area contributed by atoms with Crippen molar-refractivity contribution in [1.82, 2.24) is 0 Å². The van der Waals surface area contributed by atoms with Gasteiger partial charge < -0.3 is 35.0 Å². The van der Waals surface area contributed by atoms with Gasteiger partial charge in [0.05, 0.1) is 25.3 Å². The molecule has 2 aromatic carbocycles.